The lowest BCUT2D eigenvalue weighted by molar-refractivity contribution is -0.126. The lowest BCUT2D eigenvalue weighted by Crippen LogP contribution is -2.45. The summed E-state index contributed by atoms with van der Waals surface area (Å²) in [5, 5.41) is 3.71. The van der Waals surface area contributed by atoms with Crippen molar-refractivity contribution in [3.05, 3.63) is 33.8 Å². The first-order chi connectivity index (χ1) is 12.2. The summed E-state index contributed by atoms with van der Waals surface area (Å²) in [4.78, 5) is 12.3. The van der Waals surface area contributed by atoms with Crippen molar-refractivity contribution in [1.29, 1.82) is 0 Å². The first-order valence-electron chi connectivity index (χ1n) is 8.95. The van der Waals surface area contributed by atoms with Gasteiger partial charge in [-0.1, -0.05) is 42.6 Å². The molecule has 26 heavy (non-hydrogen) atoms. The van der Waals surface area contributed by atoms with Crippen molar-refractivity contribution in [1.82, 2.24) is 9.62 Å². The van der Waals surface area contributed by atoms with Gasteiger partial charge < -0.3 is 5.32 Å². The third-order valence-electron chi connectivity index (χ3n) is 4.72. The molecule has 1 atom stereocenters. The SMILES string of the molecule is CCC[C@H](C)NC(=O)C1CCN(S(=O)(=O)Cc2c(Cl)cccc2Cl)CC1. The molecule has 146 valence electrons. The van der Waals surface area contributed by atoms with Crippen LogP contribution in [0.5, 0.6) is 0 Å². The van der Waals surface area contributed by atoms with Gasteiger partial charge in [0.05, 0.1) is 5.75 Å². The molecule has 0 aliphatic carbocycles. The minimum atomic E-state index is -3.53. The summed E-state index contributed by atoms with van der Waals surface area (Å²) in [6, 6.07) is 5.10. The normalized spacial score (nSPS) is 17.8. The average molecular weight is 421 g/mol. The highest BCUT2D eigenvalue weighted by Crippen LogP contribution is 2.29. The van der Waals surface area contributed by atoms with Gasteiger partial charge in [0.25, 0.3) is 0 Å². The average Bonchev–Trinajstić information content (AvgIpc) is 2.58. The fourth-order valence-corrected chi connectivity index (χ4v) is 5.52. The first kappa shape index (κ1) is 21.5. The number of hydrogen-bond donors (Lipinski definition) is 1. The molecule has 1 aromatic carbocycles. The van der Waals surface area contributed by atoms with Crippen LogP contribution in [0.4, 0.5) is 0 Å². The van der Waals surface area contributed by atoms with Crippen LogP contribution in [0.2, 0.25) is 10.0 Å². The van der Waals surface area contributed by atoms with E-state index in [1.807, 2.05) is 6.92 Å². The molecule has 1 aliphatic rings. The van der Waals surface area contributed by atoms with Crippen LogP contribution < -0.4 is 5.32 Å². The summed E-state index contributed by atoms with van der Waals surface area (Å²) < 4.78 is 26.9. The van der Waals surface area contributed by atoms with Crippen molar-refractivity contribution >= 4 is 39.1 Å². The van der Waals surface area contributed by atoms with Gasteiger partial charge in [-0.05, 0) is 38.3 Å². The minimum Gasteiger partial charge on any atom is -0.353 e. The smallest absolute Gasteiger partial charge is 0.223 e. The van der Waals surface area contributed by atoms with Crippen LogP contribution in [-0.2, 0) is 20.6 Å². The number of nitrogens with one attached hydrogen (secondary N) is 1. The summed E-state index contributed by atoms with van der Waals surface area (Å²) in [5.41, 5.74) is 0.420. The third kappa shape index (κ3) is 5.59. The Morgan fingerprint density at radius 2 is 1.85 bits per heavy atom. The van der Waals surface area contributed by atoms with E-state index in [-0.39, 0.29) is 23.6 Å². The molecule has 2 rings (SSSR count). The first-order valence-corrected chi connectivity index (χ1v) is 11.3. The van der Waals surface area contributed by atoms with Crippen molar-refractivity contribution in [2.45, 2.75) is 51.3 Å². The number of amides is 1. The molecule has 1 heterocycles. The quantitative estimate of drug-likeness (QED) is 0.728. The van der Waals surface area contributed by atoms with Crippen molar-refractivity contribution in [3.8, 4) is 0 Å². The maximum Gasteiger partial charge on any atom is 0.223 e. The lowest BCUT2D eigenvalue weighted by atomic mass is 9.96. The van der Waals surface area contributed by atoms with Gasteiger partial charge in [-0.15, -0.1) is 0 Å². The molecule has 1 amide bonds. The Balaban J connectivity index is 1.95. The number of nitrogens with zero attached hydrogens (tertiary/aromatic N) is 1. The number of benzene rings is 1. The predicted octanol–water partition coefficient (Wildman–Crippen LogP) is 3.84. The standard InChI is InChI=1S/C18H26Cl2N2O3S/c1-3-5-13(2)21-18(23)14-8-10-22(11-9-14)26(24,25)12-15-16(19)6-4-7-17(15)20/h4,6-7,13-14H,3,5,8-12H2,1-2H3,(H,21,23)/t13-/m0/s1. The van der Waals surface area contributed by atoms with E-state index in [4.69, 9.17) is 23.2 Å². The van der Waals surface area contributed by atoms with E-state index in [9.17, 15) is 13.2 Å². The van der Waals surface area contributed by atoms with Crippen molar-refractivity contribution < 1.29 is 13.2 Å². The van der Waals surface area contributed by atoms with E-state index in [2.05, 4.69) is 12.2 Å². The van der Waals surface area contributed by atoms with E-state index in [1.165, 1.54) is 4.31 Å². The molecule has 1 fully saturated rings. The van der Waals surface area contributed by atoms with Gasteiger partial charge in [-0.3, -0.25) is 4.79 Å². The van der Waals surface area contributed by atoms with Crippen LogP contribution in [0.1, 0.15) is 45.1 Å². The van der Waals surface area contributed by atoms with Gasteiger partial charge in [-0.2, -0.15) is 0 Å². The molecule has 0 aromatic heterocycles. The molecule has 1 N–H and O–H groups in total. The van der Waals surface area contributed by atoms with Gasteiger partial charge in [0.15, 0.2) is 0 Å². The van der Waals surface area contributed by atoms with Gasteiger partial charge >= 0.3 is 0 Å². The third-order valence-corrected chi connectivity index (χ3v) is 7.23. The van der Waals surface area contributed by atoms with Crippen LogP contribution in [-0.4, -0.2) is 37.8 Å². The molecule has 0 spiro atoms. The van der Waals surface area contributed by atoms with Gasteiger partial charge in [0, 0.05) is 40.7 Å². The number of carbonyl (C=O) groups is 1. The number of sulfonamides is 1. The second-order valence-corrected chi connectivity index (χ2v) is 9.61. The van der Waals surface area contributed by atoms with Crippen LogP contribution in [0, 0.1) is 5.92 Å². The summed E-state index contributed by atoms with van der Waals surface area (Å²) in [7, 11) is -3.53. The molecule has 0 unspecified atom stereocenters. The molecular weight excluding hydrogens is 395 g/mol. The van der Waals surface area contributed by atoms with E-state index in [1.54, 1.807) is 18.2 Å². The molecule has 0 radical (unpaired) electrons. The molecule has 0 saturated carbocycles. The number of hydrogen-bond acceptors (Lipinski definition) is 3. The van der Waals surface area contributed by atoms with Gasteiger partial charge in [0.2, 0.25) is 15.9 Å². The zero-order chi connectivity index (χ0) is 19.3. The Morgan fingerprint density at radius 3 is 2.38 bits per heavy atom. The predicted molar refractivity (Wildman–Crippen MR) is 106 cm³/mol. The Labute approximate surface area is 166 Å². The lowest BCUT2D eigenvalue weighted by Gasteiger charge is -2.31. The molecule has 8 heteroatoms. The zero-order valence-electron chi connectivity index (χ0n) is 15.2. The van der Waals surface area contributed by atoms with E-state index in [0.29, 0.717) is 41.5 Å². The van der Waals surface area contributed by atoms with Crippen LogP contribution in [0.3, 0.4) is 0 Å². The number of carbonyl (C=O) groups excluding carboxylic acids is 1. The fraction of sp³-hybridized carbons (Fsp3) is 0.611. The molecule has 1 aliphatic heterocycles. The molecule has 1 saturated heterocycles. The maximum atomic E-state index is 12.7. The highest BCUT2D eigenvalue weighted by Gasteiger charge is 2.32. The van der Waals surface area contributed by atoms with Crippen molar-refractivity contribution in [2.75, 3.05) is 13.1 Å². The summed E-state index contributed by atoms with van der Waals surface area (Å²) in [5.74, 6) is -0.336. The number of piperidine rings is 1. The number of rotatable bonds is 7. The highest BCUT2D eigenvalue weighted by molar-refractivity contribution is 7.88. The summed E-state index contributed by atoms with van der Waals surface area (Å²) >= 11 is 12.2. The Hall–Kier alpha value is -0.820. The monoisotopic (exact) mass is 420 g/mol. The maximum absolute atomic E-state index is 12.7. The Morgan fingerprint density at radius 1 is 1.27 bits per heavy atom. The zero-order valence-corrected chi connectivity index (χ0v) is 17.5. The van der Waals surface area contributed by atoms with E-state index in [0.717, 1.165) is 12.8 Å². The topological polar surface area (TPSA) is 66.5 Å². The van der Waals surface area contributed by atoms with Crippen LogP contribution in [0.25, 0.3) is 0 Å². The molecule has 0 bridgehead atoms. The molecule has 5 nitrogen and oxygen atoms in total. The van der Waals surface area contributed by atoms with Gasteiger partial charge in [-0.25, -0.2) is 12.7 Å². The van der Waals surface area contributed by atoms with Crippen molar-refractivity contribution in [2.24, 2.45) is 5.92 Å². The second-order valence-electron chi connectivity index (χ2n) is 6.83. The van der Waals surface area contributed by atoms with Crippen molar-refractivity contribution in [3.63, 3.8) is 0 Å². The van der Waals surface area contributed by atoms with Gasteiger partial charge in [0.1, 0.15) is 0 Å². The Bertz CT molecular complexity index is 712. The van der Waals surface area contributed by atoms with Crippen LogP contribution >= 0.6 is 23.2 Å². The largest absolute Gasteiger partial charge is 0.353 e. The minimum absolute atomic E-state index is 0.0251. The second kappa shape index (κ2) is 9.40. The van der Waals surface area contributed by atoms with E-state index < -0.39 is 10.0 Å². The summed E-state index contributed by atoms with van der Waals surface area (Å²) in [6.07, 6.45) is 3.01. The molecular formula is C18H26Cl2N2O3S. The fourth-order valence-electron chi connectivity index (χ4n) is 3.21. The van der Waals surface area contributed by atoms with E-state index >= 15 is 0 Å². The van der Waals surface area contributed by atoms with Crippen LogP contribution in [0.15, 0.2) is 18.2 Å². The molecule has 1 aromatic rings. The summed E-state index contributed by atoms with van der Waals surface area (Å²) in [6.45, 7) is 4.75. The highest BCUT2D eigenvalue weighted by atomic mass is 35.5. The number of halogens is 2. The Kier molecular flexibility index (Phi) is 7.76.